The summed E-state index contributed by atoms with van der Waals surface area (Å²) in [5.41, 5.74) is 6.54. The number of aryl methyl sites for hydroxylation is 1. The number of nitrogens with one attached hydrogen (secondary N) is 1. The van der Waals surface area contributed by atoms with E-state index < -0.39 is 10.0 Å². The van der Waals surface area contributed by atoms with Gasteiger partial charge in [0.15, 0.2) is 0 Å². The topological polar surface area (TPSA) is 102 Å². The van der Waals surface area contributed by atoms with Crippen LogP contribution in [0.5, 0.6) is 0 Å². The summed E-state index contributed by atoms with van der Waals surface area (Å²) in [6.07, 6.45) is 1.12. The Kier molecular flexibility index (Phi) is 8.99. The van der Waals surface area contributed by atoms with Crippen LogP contribution >= 0.6 is 12.4 Å². The van der Waals surface area contributed by atoms with Gasteiger partial charge in [0, 0.05) is 32.8 Å². The fourth-order valence-corrected chi connectivity index (χ4v) is 4.33. The lowest BCUT2D eigenvalue weighted by Crippen LogP contribution is -2.47. The van der Waals surface area contributed by atoms with E-state index in [0.29, 0.717) is 30.8 Å². The molecule has 1 amide bonds. The Hall–Kier alpha value is -1.19. The minimum absolute atomic E-state index is 0. The second kappa shape index (κ2) is 10.2. The van der Waals surface area contributed by atoms with E-state index in [2.05, 4.69) is 5.32 Å². The molecule has 1 aliphatic rings. The van der Waals surface area contributed by atoms with Crippen molar-refractivity contribution < 1.29 is 17.9 Å². The maximum Gasteiger partial charge on any atom is 0.243 e. The van der Waals surface area contributed by atoms with Crippen molar-refractivity contribution in [3.05, 3.63) is 29.8 Å². The third kappa shape index (κ3) is 5.92. The number of nitrogens with two attached hydrogens (primary N) is 1. The van der Waals surface area contributed by atoms with Gasteiger partial charge in [0.1, 0.15) is 0 Å². The SMILES string of the molecule is COC(CN)CC(=O)NC1CCN(S(=O)(=O)c2ccc(C)cc2)CC1.Cl. The molecule has 7 nitrogen and oxygen atoms in total. The van der Waals surface area contributed by atoms with E-state index in [1.165, 1.54) is 11.4 Å². The number of nitrogens with zero attached hydrogens (tertiary/aromatic N) is 1. The molecule has 0 spiro atoms. The molecule has 1 aromatic rings. The number of carbonyl (C=O) groups is 1. The molecule has 1 aliphatic heterocycles. The van der Waals surface area contributed by atoms with Gasteiger partial charge in [-0.1, -0.05) is 17.7 Å². The normalized spacial score (nSPS) is 17.3. The predicted molar refractivity (Wildman–Crippen MR) is 103 cm³/mol. The molecule has 1 atom stereocenters. The first-order chi connectivity index (χ1) is 11.9. The molecule has 148 valence electrons. The first kappa shape index (κ1) is 22.9. The Balaban J connectivity index is 0.00000338. The number of amides is 1. The largest absolute Gasteiger partial charge is 0.380 e. The molecule has 1 aromatic carbocycles. The number of sulfonamides is 1. The van der Waals surface area contributed by atoms with Gasteiger partial charge in [-0.2, -0.15) is 4.31 Å². The molecule has 9 heteroatoms. The molecule has 1 unspecified atom stereocenters. The lowest BCUT2D eigenvalue weighted by molar-refractivity contribution is -0.124. The summed E-state index contributed by atoms with van der Waals surface area (Å²) < 4.78 is 31.9. The van der Waals surface area contributed by atoms with Crippen LogP contribution < -0.4 is 11.1 Å². The van der Waals surface area contributed by atoms with Gasteiger partial charge < -0.3 is 15.8 Å². The number of benzene rings is 1. The van der Waals surface area contributed by atoms with Crippen LogP contribution in [0.3, 0.4) is 0 Å². The van der Waals surface area contributed by atoms with Crippen molar-refractivity contribution in [2.24, 2.45) is 5.73 Å². The van der Waals surface area contributed by atoms with E-state index in [1.807, 2.05) is 6.92 Å². The number of halogens is 1. The summed E-state index contributed by atoms with van der Waals surface area (Å²) in [6, 6.07) is 6.84. The van der Waals surface area contributed by atoms with Crippen molar-refractivity contribution in [3.63, 3.8) is 0 Å². The van der Waals surface area contributed by atoms with Crippen LogP contribution in [-0.2, 0) is 19.6 Å². The van der Waals surface area contributed by atoms with Gasteiger partial charge in [-0.3, -0.25) is 4.79 Å². The highest BCUT2D eigenvalue weighted by molar-refractivity contribution is 7.89. The Bertz CT molecular complexity index is 670. The molecule has 0 aliphatic carbocycles. The molecule has 1 heterocycles. The summed E-state index contributed by atoms with van der Waals surface area (Å²) in [6.45, 7) is 3.00. The third-order valence-corrected chi connectivity index (χ3v) is 6.40. The molecule has 0 radical (unpaired) electrons. The fraction of sp³-hybridized carbons (Fsp3) is 0.588. The Morgan fingerprint density at radius 1 is 1.31 bits per heavy atom. The van der Waals surface area contributed by atoms with E-state index >= 15 is 0 Å². The van der Waals surface area contributed by atoms with Crippen LogP contribution in [0.25, 0.3) is 0 Å². The van der Waals surface area contributed by atoms with E-state index in [4.69, 9.17) is 10.5 Å². The fourth-order valence-electron chi connectivity index (χ4n) is 2.86. The molecule has 0 saturated carbocycles. The summed E-state index contributed by atoms with van der Waals surface area (Å²) >= 11 is 0. The average molecular weight is 406 g/mol. The third-order valence-electron chi connectivity index (χ3n) is 4.49. The predicted octanol–water partition coefficient (Wildman–Crippen LogP) is 1.05. The quantitative estimate of drug-likeness (QED) is 0.706. The Morgan fingerprint density at radius 2 is 1.88 bits per heavy atom. The average Bonchev–Trinajstić information content (AvgIpc) is 2.60. The number of methoxy groups -OCH3 is 1. The number of rotatable bonds is 7. The van der Waals surface area contributed by atoms with Crippen molar-refractivity contribution in [1.29, 1.82) is 0 Å². The summed E-state index contributed by atoms with van der Waals surface area (Å²) in [7, 11) is -1.95. The van der Waals surface area contributed by atoms with Crippen molar-refractivity contribution >= 4 is 28.3 Å². The van der Waals surface area contributed by atoms with Crippen LogP contribution in [0.4, 0.5) is 0 Å². The number of piperidine rings is 1. The monoisotopic (exact) mass is 405 g/mol. The van der Waals surface area contributed by atoms with Gasteiger partial charge in [-0.05, 0) is 31.9 Å². The molecular weight excluding hydrogens is 378 g/mol. The molecule has 0 aromatic heterocycles. The van der Waals surface area contributed by atoms with Crippen LogP contribution in [0.2, 0.25) is 0 Å². The summed E-state index contributed by atoms with van der Waals surface area (Å²) in [5.74, 6) is -0.114. The van der Waals surface area contributed by atoms with Gasteiger partial charge >= 0.3 is 0 Å². The Morgan fingerprint density at radius 3 is 2.38 bits per heavy atom. The lowest BCUT2D eigenvalue weighted by atomic mass is 10.1. The highest BCUT2D eigenvalue weighted by Crippen LogP contribution is 2.21. The minimum atomic E-state index is -3.47. The summed E-state index contributed by atoms with van der Waals surface area (Å²) in [4.78, 5) is 12.3. The zero-order valence-corrected chi connectivity index (χ0v) is 16.8. The number of carbonyl (C=O) groups excluding carboxylic acids is 1. The second-order valence-corrected chi connectivity index (χ2v) is 8.29. The number of hydrogen-bond acceptors (Lipinski definition) is 5. The standard InChI is InChI=1S/C17H27N3O4S.ClH/c1-13-3-5-16(6-4-13)25(22,23)20-9-7-14(8-10-20)19-17(21)11-15(12-18)24-2;/h3-6,14-15H,7-12,18H2,1-2H3,(H,19,21);1H. The smallest absolute Gasteiger partial charge is 0.243 e. The van der Waals surface area contributed by atoms with Crippen molar-refractivity contribution in [2.45, 2.75) is 43.2 Å². The molecule has 26 heavy (non-hydrogen) atoms. The van der Waals surface area contributed by atoms with Gasteiger partial charge in [-0.15, -0.1) is 12.4 Å². The van der Waals surface area contributed by atoms with Crippen LogP contribution in [0.1, 0.15) is 24.8 Å². The van der Waals surface area contributed by atoms with Gasteiger partial charge in [0.05, 0.1) is 17.4 Å². The minimum Gasteiger partial charge on any atom is -0.380 e. The van der Waals surface area contributed by atoms with Crippen LogP contribution in [0.15, 0.2) is 29.2 Å². The van der Waals surface area contributed by atoms with Crippen LogP contribution in [-0.4, -0.2) is 57.5 Å². The molecule has 0 bridgehead atoms. The first-order valence-corrected chi connectivity index (χ1v) is 9.90. The molecular formula is C17H28ClN3O4S. The second-order valence-electron chi connectivity index (χ2n) is 6.36. The first-order valence-electron chi connectivity index (χ1n) is 8.46. The maximum absolute atomic E-state index is 12.7. The lowest BCUT2D eigenvalue weighted by Gasteiger charge is -2.31. The zero-order chi connectivity index (χ0) is 18.4. The van der Waals surface area contributed by atoms with Gasteiger partial charge in [-0.25, -0.2) is 8.42 Å². The van der Waals surface area contributed by atoms with Gasteiger partial charge in [0.25, 0.3) is 0 Å². The molecule has 3 N–H and O–H groups in total. The number of ether oxygens (including phenoxy) is 1. The zero-order valence-electron chi connectivity index (χ0n) is 15.2. The van der Waals surface area contributed by atoms with E-state index in [9.17, 15) is 13.2 Å². The van der Waals surface area contributed by atoms with E-state index in [1.54, 1.807) is 24.3 Å². The molecule has 1 fully saturated rings. The van der Waals surface area contributed by atoms with E-state index in [-0.39, 0.29) is 43.4 Å². The maximum atomic E-state index is 12.7. The molecule has 1 saturated heterocycles. The van der Waals surface area contributed by atoms with Crippen molar-refractivity contribution in [1.82, 2.24) is 9.62 Å². The van der Waals surface area contributed by atoms with Gasteiger partial charge in [0.2, 0.25) is 15.9 Å². The summed E-state index contributed by atoms with van der Waals surface area (Å²) in [5, 5.41) is 2.94. The van der Waals surface area contributed by atoms with E-state index in [0.717, 1.165) is 5.56 Å². The highest BCUT2D eigenvalue weighted by atomic mass is 35.5. The number of hydrogen-bond donors (Lipinski definition) is 2. The van der Waals surface area contributed by atoms with Crippen molar-refractivity contribution in [3.8, 4) is 0 Å². The van der Waals surface area contributed by atoms with Crippen molar-refractivity contribution in [2.75, 3.05) is 26.7 Å². The van der Waals surface area contributed by atoms with Crippen LogP contribution in [0, 0.1) is 6.92 Å². The Labute approximate surface area is 161 Å². The molecule has 2 rings (SSSR count). The highest BCUT2D eigenvalue weighted by Gasteiger charge is 2.30.